The van der Waals surface area contributed by atoms with Crippen LogP contribution in [0.1, 0.15) is 17.5 Å². The number of benzene rings is 2. The van der Waals surface area contributed by atoms with Gasteiger partial charge in [-0.1, -0.05) is 30.3 Å². The van der Waals surface area contributed by atoms with Gasteiger partial charge >= 0.3 is 0 Å². The van der Waals surface area contributed by atoms with E-state index in [9.17, 15) is 9.18 Å². The van der Waals surface area contributed by atoms with Crippen molar-refractivity contribution in [2.75, 3.05) is 33.3 Å². The molecule has 0 spiro atoms. The van der Waals surface area contributed by atoms with Crippen molar-refractivity contribution in [1.29, 1.82) is 0 Å². The maximum absolute atomic E-state index is 12.9. The van der Waals surface area contributed by atoms with Gasteiger partial charge in [0.05, 0.1) is 7.11 Å². The van der Waals surface area contributed by atoms with Crippen molar-refractivity contribution in [2.24, 2.45) is 0 Å². The highest BCUT2D eigenvalue weighted by Crippen LogP contribution is 2.12. The highest BCUT2D eigenvalue weighted by molar-refractivity contribution is 5.91. The molecule has 154 valence electrons. The van der Waals surface area contributed by atoms with E-state index in [0.29, 0.717) is 6.54 Å². The summed E-state index contributed by atoms with van der Waals surface area (Å²) in [6.07, 6.45) is 6.85. The SMILES string of the molecule is C=CCN(CCCNC(=O)/C=C/c1ccc(F)cc1)CCc1ccc(OC)cc1. The van der Waals surface area contributed by atoms with Crippen molar-refractivity contribution in [3.8, 4) is 5.75 Å². The van der Waals surface area contributed by atoms with Gasteiger partial charge in [0.2, 0.25) is 5.91 Å². The second kappa shape index (κ2) is 12.5. The number of carbonyl (C=O) groups excluding carboxylic acids is 1. The zero-order valence-electron chi connectivity index (χ0n) is 16.9. The molecule has 1 N–H and O–H groups in total. The molecule has 1 amide bonds. The van der Waals surface area contributed by atoms with Crippen LogP contribution in [0.3, 0.4) is 0 Å². The van der Waals surface area contributed by atoms with E-state index in [2.05, 4.69) is 28.9 Å². The van der Waals surface area contributed by atoms with E-state index in [1.54, 1.807) is 25.3 Å². The molecule has 5 heteroatoms. The van der Waals surface area contributed by atoms with Crippen LogP contribution in [0.5, 0.6) is 5.75 Å². The lowest BCUT2D eigenvalue weighted by Gasteiger charge is -2.20. The van der Waals surface area contributed by atoms with Crippen molar-refractivity contribution in [1.82, 2.24) is 10.2 Å². The highest BCUT2D eigenvalue weighted by atomic mass is 19.1. The van der Waals surface area contributed by atoms with Gasteiger partial charge in [-0.2, -0.15) is 0 Å². The van der Waals surface area contributed by atoms with E-state index in [0.717, 1.165) is 43.8 Å². The summed E-state index contributed by atoms with van der Waals surface area (Å²) >= 11 is 0. The van der Waals surface area contributed by atoms with Crippen molar-refractivity contribution in [3.05, 3.63) is 84.2 Å². The highest BCUT2D eigenvalue weighted by Gasteiger charge is 2.04. The Morgan fingerprint density at radius 3 is 2.52 bits per heavy atom. The summed E-state index contributed by atoms with van der Waals surface area (Å²) < 4.78 is 18.1. The monoisotopic (exact) mass is 396 g/mol. The summed E-state index contributed by atoms with van der Waals surface area (Å²) in [7, 11) is 1.66. The summed E-state index contributed by atoms with van der Waals surface area (Å²) in [6.45, 7) is 7.05. The molecule has 4 nitrogen and oxygen atoms in total. The lowest BCUT2D eigenvalue weighted by Crippen LogP contribution is -2.31. The summed E-state index contributed by atoms with van der Waals surface area (Å²) in [4.78, 5) is 14.2. The molecule has 0 saturated carbocycles. The Hall–Kier alpha value is -2.92. The minimum Gasteiger partial charge on any atom is -0.497 e. The Morgan fingerprint density at radius 2 is 1.86 bits per heavy atom. The molecule has 0 aliphatic rings. The van der Waals surface area contributed by atoms with E-state index < -0.39 is 0 Å². The lowest BCUT2D eigenvalue weighted by atomic mass is 10.1. The zero-order chi connectivity index (χ0) is 20.9. The molecule has 0 fully saturated rings. The molecule has 0 unspecified atom stereocenters. The van der Waals surface area contributed by atoms with Crippen molar-refractivity contribution >= 4 is 12.0 Å². The predicted octanol–water partition coefficient (Wildman–Crippen LogP) is 4.08. The summed E-state index contributed by atoms with van der Waals surface area (Å²) in [6, 6.07) is 14.1. The van der Waals surface area contributed by atoms with Crippen LogP contribution in [-0.4, -0.2) is 44.1 Å². The van der Waals surface area contributed by atoms with E-state index in [4.69, 9.17) is 4.74 Å². The van der Waals surface area contributed by atoms with Crippen molar-refractivity contribution < 1.29 is 13.9 Å². The number of carbonyl (C=O) groups is 1. The van der Waals surface area contributed by atoms with Gasteiger partial charge in [-0.25, -0.2) is 4.39 Å². The van der Waals surface area contributed by atoms with Gasteiger partial charge in [-0.05, 0) is 54.3 Å². The van der Waals surface area contributed by atoms with Crippen LogP contribution in [0.15, 0.2) is 67.3 Å². The molecule has 0 aromatic heterocycles. The quantitative estimate of drug-likeness (QED) is 0.334. The number of ether oxygens (including phenoxy) is 1. The van der Waals surface area contributed by atoms with E-state index >= 15 is 0 Å². The molecule has 0 aliphatic carbocycles. The fourth-order valence-electron chi connectivity index (χ4n) is 2.88. The Balaban J connectivity index is 1.69. The molecule has 0 saturated heterocycles. The first kappa shape index (κ1) is 22.4. The van der Waals surface area contributed by atoms with Gasteiger partial charge in [0, 0.05) is 32.3 Å². The first-order valence-corrected chi connectivity index (χ1v) is 9.78. The number of methoxy groups -OCH3 is 1. The fourth-order valence-corrected chi connectivity index (χ4v) is 2.88. The number of hydrogen-bond donors (Lipinski definition) is 1. The van der Waals surface area contributed by atoms with Gasteiger partial charge in [0.15, 0.2) is 0 Å². The average Bonchev–Trinajstić information content (AvgIpc) is 2.75. The maximum Gasteiger partial charge on any atom is 0.243 e. The topological polar surface area (TPSA) is 41.6 Å². The third-order valence-electron chi connectivity index (χ3n) is 4.51. The van der Waals surface area contributed by atoms with Crippen LogP contribution in [0.4, 0.5) is 4.39 Å². The first-order valence-electron chi connectivity index (χ1n) is 9.78. The minimum atomic E-state index is -0.289. The van der Waals surface area contributed by atoms with E-state index in [-0.39, 0.29) is 11.7 Å². The van der Waals surface area contributed by atoms with Crippen LogP contribution >= 0.6 is 0 Å². The van der Waals surface area contributed by atoms with Crippen molar-refractivity contribution in [2.45, 2.75) is 12.8 Å². The minimum absolute atomic E-state index is 0.150. The molecule has 2 aromatic carbocycles. The zero-order valence-corrected chi connectivity index (χ0v) is 16.9. The van der Waals surface area contributed by atoms with Crippen LogP contribution in [0, 0.1) is 5.82 Å². The van der Waals surface area contributed by atoms with Crippen LogP contribution in [0.25, 0.3) is 6.08 Å². The number of rotatable bonds is 12. The molecule has 2 aromatic rings. The Morgan fingerprint density at radius 1 is 1.14 bits per heavy atom. The third kappa shape index (κ3) is 8.75. The molecule has 0 radical (unpaired) electrons. The van der Waals surface area contributed by atoms with E-state index in [1.165, 1.54) is 23.8 Å². The van der Waals surface area contributed by atoms with Crippen LogP contribution < -0.4 is 10.1 Å². The maximum atomic E-state index is 12.9. The Kier molecular flexibility index (Phi) is 9.66. The van der Waals surface area contributed by atoms with Gasteiger partial charge in [-0.15, -0.1) is 6.58 Å². The number of nitrogens with one attached hydrogen (secondary N) is 1. The smallest absolute Gasteiger partial charge is 0.243 e. The molecular formula is C24H29FN2O2. The molecule has 0 atom stereocenters. The van der Waals surface area contributed by atoms with E-state index in [1.807, 2.05) is 18.2 Å². The molecular weight excluding hydrogens is 367 g/mol. The van der Waals surface area contributed by atoms with Gasteiger partial charge in [-0.3, -0.25) is 9.69 Å². The fraction of sp³-hybridized carbons (Fsp3) is 0.292. The molecule has 29 heavy (non-hydrogen) atoms. The molecule has 0 bridgehead atoms. The second-order valence-corrected chi connectivity index (χ2v) is 6.72. The summed E-state index contributed by atoms with van der Waals surface area (Å²) in [5.74, 6) is 0.423. The first-order chi connectivity index (χ1) is 14.1. The van der Waals surface area contributed by atoms with Crippen molar-refractivity contribution in [3.63, 3.8) is 0 Å². The lowest BCUT2D eigenvalue weighted by molar-refractivity contribution is -0.116. The largest absolute Gasteiger partial charge is 0.497 e. The summed E-state index contributed by atoms with van der Waals surface area (Å²) in [5.41, 5.74) is 2.05. The second-order valence-electron chi connectivity index (χ2n) is 6.72. The predicted molar refractivity (Wildman–Crippen MR) is 116 cm³/mol. The molecule has 2 rings (SSSR count). The van der Waals surface area contributed by atoms with Crippen LogP contribution in [-0.2, 0) is 11.2 Å². The van der Waals surface area contributed by atoms with Crippen LogP contribution in [0.2, 0.25) is 0 Å². The van der Waals surface area contributed by atoms with Gasteiger partial charge in [0.1, 0.15) is 11.6 Å². The summed E-state index contributed by atoms with van der Waals surface area (Å²) in [5, 5.41) is 2.88. The third-order valence-corrected chi connectivity index (χ3v) is 4.51. The number of hydrogen-bond acceptors (Lipinski definition) is 3. The normalized spacial score (nSPS) is 11.0. The molecule has 0 heterocycles. The van der Waals surface area contributed by atoms with Gasteiger partial charge < -0.3 is 10.1 Å². The Labute approximate surface area is 172 Å². The van der Waals surface area contributed by atoms with Gasteiger partial charge in [0.25, 0.3) is 0 Å². The molecule has 0 aliphatic heterocycles. The number of halogens is 1. The average molecular weight is 397 g/mol. The number of amides is 1. The number of nitrogens with zero attached hydrogens (tertiary/aromatic N) is 1. The standard InChI is InChI=1S/C24H29FN2O2/c1-3-17-27(19-15-21-7-12-23(29-2)13-8-21)18-4-16-26-24(28)14-9-20-5-10-22(25)11-6-20/h3,5-14H,1,4,15-19H2,2H3,(H,26,28)/b14-9+. The Bertz CT molecular complexity index is 786.